The minimum absolute atomic E-state index is 0.322. The predicted molar refractivity (Wildman–Crippen MR) is 57.9 cm³/mol. The number of anilines is 1. The van der Waals surface area contributed by atoms with E-state index in [1.165, 1.54) is 11.3 Å². The van der Waals surface area contributed by atoms with E-state index in [1.807, 2.05) is 5.38 Å². The zero-order valence-electron chi connectivity index (χ0n) is 7.57. The molecule has 0 bridgehead atoms. The molecule has 14 heavy (non-hydrogen) atoms. The molecule has 0 radical (unpaired) electrons. The maximum absolute atomic E-state index is 10.9. The van der Waals surface area contributed by atoms with Gasteiger partial charge >= 0.3 is 5.97 Å². The van der Waals surface area contributed by atoms with Gasteiger partial charge in [0.2, 0.25) is 0 Å². The van der Waals surface area contributed by atoms with E-state index in [9.17, 15) is 4.79 Å². The van der Waals surface area contributed by atoms with E-state index in [0.29, 0.717) is 11.3 Å². The van der Waals surface area contributed by atoms with Crippen molar-refractivity contribution < 1.29 is 9.90 Å². The quantitative estimate of drug-likeness (QED) is 0.755. The van der Waals surface area contributed by atoms with Crippen LogP contribution in [0, 0.1) is 6.92 Å². The van der Waals surface area contributed by atoms with E-state index in [2.05, 4.69) is 0 Å². The molecule has 0 atom stereocenters. The molecule has 0 aliphatic heterocycles. The number of benzene rings is 1. The summed E-state index contributed by atoms with van der Waals surface area (Å²) in [7, 11) is 0. The van der Waals surface area contributed by atoms with Gasteiger partial charge in [-0.25, -0.2) is 4.79 Å². The Labute approximate surface area is 84.8 Å². The number of carboxylic acid groups (broad SMARTS) is 1. The van der Waals surface area contributed by atoms with Crippen LogP contribution < -0.4 is 5.73 Å². The van der Waals surface area contributed by atoms with Gasteiger partial charge in [0.15, 0.2) is 0 Å². The summed E-state index contributed by atoms with van der Waals surface area (Å²) in [6, 6.07) is 3.42. The number of carbonyl (C=O) groups is 1. The molecule has 0 saturated heterocycles. The van der Waals surface area contributed by atoms with Crippen LogP contribution in [0.5, 0.6) is 0 Å². The average molecular weight is 207 g/mol. The molecule has 1 aromatic heterocycles. The van der Waals surface area contributed by atoms with Crippen molar-refractivity contribution in [3.63, 3.8) is 0 Å². The smallest absolute Gasteiger partial charge is 0.335 e. The van der Waals surface area contributed by atoms with Crippen LogP contribution in [0.25, 0.3) is 10.1 Å². The summed E-state index contributed by atoms with van der Waals surface area (Å²) >= 11 is 1.53. The molecule has 0 spiro atoms. The predicted octanol–water partition coefficient (Wildman–Crippen LogP) is 2.49. The molecule has 0 amide bonds. The third-order valence-electron chi connectivity index (χ3n) is 2.26. The number of nitrogen functional groups attached to an aromatic ring is 1. The van der Waals surface area contributed by atoms with Crippen LogP contribution in [0.2, 0.25) is 0 Å². The highest BCUT2D eigenvalue weighted by atomic mass is 32.1. The standard InChI is InChI=1S/C10H9NO2S/c1-5-6(10(12)13)2-3-8-9(5)7(11)4-14-8/h2-4H,11H2,1H3,(H,12,13). The zero-order valence-corrected chi connectivity index (χ0v) is 8.39. The van der Waals surface area contributed by atoms with Crippen LogP contribution in [0.1, 0.15) is 15.9 Å². The molecule has 2 rings (SSSR count). The van der Waals surface area contributed by atoms with Gasteiger partial charge < -0.3 is 10.8 Å². The minimum Gasteiger partial charge on any atom is -0.478 e. The van der Waals surface area contributed by atoms with Crippen LogP contribution in [-0.2, 0) is 0 Å². The van der Waals surface area contributed by atoms with Crippen molar-refractivity contribution in [1.82, 2.24) is 0 Å². The summed E-state index contributed by atoms with van der Waals surface area (Å²) in [4.78, 5) is 10.9. The number of aryl methyl sites for hydroxylation is 1. The molecule has 0 fully saturated rings. The third-order valence-corrected chi connectivity index (χ3v) is 3.22. The fraction of sp³-hybridized carbons (Fsp3) is 0.100. The second-order valence-electron chi connectivity index (χ2n) is 3.11. The van der Waals surface area contributed by atoms with Crippen molar-refractivity contribution in [1.29, 1.82) is 0 Å². The van der Waals surface area contributed by atoms with Gasteiger partial charge in [-0.15, -0.1) is 11.3 Å². The molecule has 0 unspecified atom stereocenters. The van der Waals surface area contributed by atoms with Crippen molar-refractivity contribution in [2.24, 2.45) is 0 Å². The molecule has 0 aliphatic rings. The molecular weight excluding hydrogens is 198 g/mol. The Morgan fingerprint density at radius 3 is 2.86 bits per heavy atom. The molecule has 0 saturated carbocycles. The first kappa shape index (κ1) is 9.02. The highest BCUT2D eigenvalue weighted by Crippen LogP contribution is 2.32. The van der Waals surface area contributed by atoms with E-state index in [1.54, 1.807) is 19.1 Å². The SMILES string of the molecule is Cc1c(C(=O)O)ccc2scc(N)c12. The summed E-state index contributed by atoms with van der Waals surface area (Å²) in [5, 5.41) is 11.6. The van der Waals surface area contributed by atoms with E-state index in [4.69, 9.17) is 10.8 Å². The molecule has 3 N–H and O–H groups in total. The van der Waals surface area contributed by atoms with Crippen LogP contribution in [0.15, 0.2) is 17.5 Å². The zero-order chi connectivity index (χ0) is 10.3. The number of hydrogen-bond acceptors (Lipinski definition) is 3. The molecule has 2 aromatic rings. The second-order valence-corrected chi connectivity index (χ2v) is 4.02. The number of rotatable bonds is 1. The lowest BCUT2D eigenvalue weighted by molar-refractivity contribution is 0.0696. The number of aromatic carboxylic acids is 1. The summed E-state index contributed by atoms with van der Waals surface area (Å²) in [5.74, 6) is -0.907. The monoisotopic (exact) mass is 207 g/mol. The van der Waals surface area contributed by atoms with Crippen molar-refractivity contribution in [3.05, 3.63) is 28.6 Å². The van der Waals surface area contributed by atoms with E-state index < -0.39 is 5.97 Å². The Balaban J connectivity index is 2.86. The molecule has 1 aromatic carbocycles. The Bertz CT molecular complexity index is 516. The first-order chi connectivity index (χ1) is 6.61. The lowest BCUT2D eigenvalue weighted by atomic mass is 10.0. The van der Waals surface area contributed by atoms with Crippen LogP contribution >= 0.6 is 11.3 Å². The van der Waals surface area contributed by atoms with Gasteiger partial charge in [-0.1, -0.05) is 0 Å². The highest BCUT2D eigenvalue weighted by molar-refractivity contribution is 7.17. The number of thiophene rings is 1. The van der Waals surface area contributed by atoms with Gasteiger partial charge in [0.05, 0.1) is 11.3 Å². The van der Waals surface area contributed by atoms with Gasteiger partial charge in [-0.05, 0) is 24.6 Å². The number of fused-ring (bicyclic) bond motifs is 1. The molecule has 4 heteroatoms. The third kappa shape index (κ3) is 1.15. The van der Waals surface area contributed by atoms with Crippen molar-refractivity contribution >= 4 is 33.1 Å². The van der Waals surface area contributed by atoms with E-state index in [-0.39, 0.29) is 0 Å². The van der Waals surface area contributed by atoms with Crippen molar-refractivity contribution in [2.75, 3.05) is 5.73 Å². The molecule has 0 aliphatic carbocycles. The van der Waals surface area contributed by atoms with Crippen LogP contribution in [-0.4, -0.2) is 11.1 Å². The van der Waals surface area contributed by atoms with Crippen LogP contribution in [0.4, 0.5) is 5.69 Å². The fourth-order valence-electron chi connectivity index (χ4n) is 1.56. The lowest BCUT2D eigenvalue weighted by Crippen LogP contribution is -1.99. The maximum Gasteiger partial charge on any atom is 0.335 e. The highest BCUT2D eigenvalue weighted by Gasteiger charge is 2.12. The molecular formula is C10H9NO2S. The fourth-order valence-corrected chi connectivity index (χ4v) is 2.47. The summed E-state index contributed by atoms with van der Waals surface area (Å²) in [6.45, 7) is 1.79. The Hall–Kier alpha value is -1.55. The summed E-state index contributed by atoms with van der Waals surface area (Å²) in [6.07, 6.45) is 0. The topological polar surface area (TPSA) is 63.3 Å². The Morgan fingerprint density at radius 2 is 2.21 bits per heavy atom. The van der Waals surface area contributed by atoms with E-state index in [0.717, 1.165) is 15.6 Å². The number of nitrogens with two attached hydrogens (primary N) is 1. The first-order valence-electron chi connectivity index (χ1n) is 4.11. The lowest BCUT2D eigenvalue weighted by Gasteiger charge is -2.02. The Kier molecular flexibility index (Phi) is 1.93. The second kappa shape index (κ2) is 2.99. The van der Waals surface area contributed by atoms with Gasteiger partial charge in [0, 0.05) is 15.5 Å². The maximum atomic E-state index is 10.9. The normalized spacial score (nSPS) is 10.6. The largest absolute Gasteiger partial charge is 0.478 e. The molecule has 72 valence electrons. The van der Waals surface area contributed by atoms with E-state index >= 15 is 0 Å². The van der Waals surface area contributed by atoms with Crippen LogP contribution in [0.3, 0.4) is 0 Å². The van der Waals surface area contributed by atoms with Gasteiger partial charge in [-0.2, -0.15) is 0 Å². The van der Waals surface area contributed by atoms with Gasteiger partial charge in [0.25, 0.3) is 0 Å². The van der Waals surface area contributed by atoms with Gasteiger partial charge in [-0.3, -0.25) is 0 Å². The summed E-state index contributed by atoms with van der Waals surface area (Å²) in [5.41, 5.74) is 7.49. The van der Waals surface area contributed by atoms with Crippen molar-refractivity contribution in [3.8, 4) is 0 Å². The van der Waals surface area contributed by atoms with Gasteiger partial charge in [0.1, 0.15) is 0 Å². The number of carboxylic acids is 1. The average Bonchev–Trinajstić information content (AvgIpc) is 2.48. The molecule has 1 heterocycles. The summed E-state index contributed by atoms with van der Waals surface area (Å²) < 4.78 is 1.03. The molecule has 3 nitrogen and oxygen atoms in total. The number of hydrogen-bond donors (Lipinski definition) is 2. The van der Waals surface area contributed by atoms with Crippen molar-refractivity contribution in [2.45, 2.75) is 6.92 Å². The minimum atomic E-state index is -0.907. The Morgan fingerprint density at radius 1 is 1.50 bits per heavy atom. The first-order valence-corrected chi connectivity index (χ1v) is 4.99.